The minimum absolute atomic E-state index is 0.0898. The minimum atomic E-state index is -0.695. The average molecular weight is 383 g/mol. The van der Waals surface area contributed by atoms with Crippen molar-refractivity contribution in [2.45, 2.75) is 13.5 Å². The summed E-state index contributed by atoms with van der Waals surface area (Å²) < 4.78 is 15.2. The molecule has 8 heteroatoms. The number of hydrogen-bond acceptors (Lipinski definition) is 7. The first-order valence-corrected chi connectivity index (χ1v) is 8.33. The van der Waals surface area contributed by atoms with Gasteiger partial charge in [0.1, 0.15) is 23.7 Å². The summed E-state index contributed by atoms with van der Waals surface area (Å²) in [4.78, 5) is 49.5. The van der Waals surface area contributed by atoms with Gasteiger partial charge in [0.05, 0.1) is 23.8 Å². The summed E-state index contributed by atoms with van der Waals surface area (Å²) in [6, 6.07) is 5.60. The first-order valence-electron chi connectivity index (χ1n) is 8.33. The molecule has 28 heavy (non-hydrogen) atoms. The molecule has 1 aromatic carbocycles. The number of methoxy groups -OCH3 is 1. The maximum atomic E-state index is 12.3. The van der Waals surface area contributed by atoms with Gasteiger partial charge < -0.3 is 13.9 Å². The number of ether oxygens (including phenoxy) is 2. The van der Waals surface area contributed by atoms with Gasteiger partial charge in [0, 0.05) is 6.54 Å². The van der Waals surface area contributed by atoms with E-state index in [0.717, 1.165) is 4.90 Å². The molecule has 0 unspecified atom stereocenters. The van der Waals surface area contributed by atoms with Gasteiger partial charge in [-0.25, -0.2) is 9.59 Å². The Morgan fingerprint density at radius 3 is 2.54 bits per heavy atom. The lowest BCUT2D eigenvalue weighted by molar-refractivity contribution is 0.0443. The third-order valence-electron chi connectivity index (χ3n) is 4.24. The monoisotopic (exact) mass is 383 g/mol. The number of fused-ring (bicyclic) bond motifs is 1. The Labute approximate surface area is 160 Å². The Bertz CT molecular complexity index is 1000. The Kier molecular flexibility index (Phi) is 5.12. The molecular weight excluding hydrogens is 366 g/mol. The molecule has 2 amide bonds. The predicted molar refractivity (Wildman–Crippen MR) is 95.9 cm³/mol. The second-order valence-electron chi connectivity index (χ2n) is 6.02. The highest BCUT2D eigenvalue weighted by molar-refractivity contribution is 6.22. The maximum Gasteiger partial charge on any atom is 0.341 e. The van der Waals surface area contributed by atoms with Gasteiger partial charge in [-0.15, -0.1) is 6.58 Å². The Hall–Kier alpha value is -3.68. The second kappa shape index (κ2) is 7.51. The highest BCUT2D eigenvalue weighted by atomic mass is 16.5. The van der Waals surface area contributed by atoms with Crippen LogP contribution in [0.25, 0.3) is 0 Å². The lowest BCUT2D eigenvalue weighted by Crippen LogP contribution is -2.29. The van der Waals surface area contributed by atoms with E-state index in [0.29, 0.717) is 5.76 Å². The predicted octanol–water partition coefficient (Wildman–Crippen LogP) is 2.51. The van der Waals surface area contributed by atoms with E-state index in [1.54, 1.807) is 6.92 Å². The number of benzene rings is 1. The summed E-state index contributed by atoms with van der Waals surface area (Å²) in [6.45, 7) is 5.00. The molecule has 8 nitrogen and oxygen atoms in total. The number of nitrogens with zero attached hydrogens (tertiary/aromatic N) is 1. The van der Waals surface area contributed by atoms with Crippen LogP contribution in [-0.2, 0) is 16.1 Å². The number of aryl methyl sites for hydroxylation is 1. The van der Waals surface area contributed by atoms with Crippen molar-refractivity contribution in [1.29, 1.82) is 0 Å². The van der Waals surface area contributed by atoms with Crippen LogP contribution in [0.3, 0.4) is 0 Å². The van der Waals surface area contributed by atoms with Crippen molar-refractivity contribution in [3.05, 3.63) is 70.7 Å². The third kappa shape index (κ3) is 3.32. The molecule has 0 fully saturated rings. The van der Waals surface area contributed by atoms with Crippen molar-refractivity contribution < 1.29 is 33.1 Å². The Morgan fingerprint density at radius 2 is 1.86 bits per heavy atom. The smallest absolute Gasteiger partial charge is 0.341 e. The fourth-order valence-corrected chi connectivity index (χ4v) is 2.86. The molecule has 1 aromatic heterocycles. The van der Waals surface area contributed by atoms with Gasteiger partial charge in [-0.1, -0.05) is 6.08 Å². The maximum absolute atomic E-state index is 12.3. The molecular formula is C20H17NO7. The topological polar surface area (TPSA) is 103 Å². The summed E-state index contributed by atoms with van der Waals surface area (Å²) in [7, 11) is 1.25. The molecule has 0 N–H and O–H groups in total. The fraction of sp³-hybridized carbons (Fsp3) is 0.200. The molecule has 0 saturated heterocycles. The molecule has 2 heterocycles. The molecule has 1 aliphatic rings. The second-order valence-corrected chi connectivity index (χ2v) is 6.02. The summed E-state index contributed by atoms with van der Waals surface area (Å²) in [5.74, 6) is -1.54. The van der Waals surface area contributed by atoms with Crippen molar-refractivity contribution in [3.63, 3.8) is 0 Å². The minimum Gasteiger partial charge on any atom is -0.465 e. The van der Waals surface area contributed by atoms with Crippen LogP contribution in [0.4, 0.5) is 0 Å². The van der Waals surface area contributed by atoms with Crippen LogP contribution in [0.15, 0.2) is 41.3 Å². The SMILES string of the molecule is C=CCN1C(=O)c2ccc(C(=O)OCc3cc(C(=O)OC)c(C)o3)cc2C1=O. The Balaban J connectivity index is 1.73. The van der Waals surface area contributed by atoms with Crippen LogP contribution in [0.5, 0.6) is 0 Å². The van der Waals surface area contributed by atoms with Crippen LogP contribution in [0.2, 0.25) is 0 Å². The molecule has 0 bridgehead atoms. The molecule has 144 valence electrons. The van der Waals surface area contributed by atoms with Gasteiger partial charge in [0.2, 0.25) is 0 Å². The highest BCUT2D eigenvalue weighted by Gasteiger charge is 2.35. The van der Waals surface area contributed by atoms with Gasteiger partial charge in [-0.3, -0.25) is 14.5 Å². The van der Waals surface area contributed by atoms with E-state index in [2.05, 4.69) is 11.3 Å². The molecule has 0 saturated carbocycles. The zero-order valence-electron chi connectivity index (χ0n) is 15.3. The van der Waals surface area contributed by atoms with Crippen LogP contribution in [0, 0.1) is 6.92 Å². The van der Waals surface area contributed by atoms with Crippen molar-refractivity contribution in [2.75, 3.05) is 13.7 Å². The van der Waals surface area contributed by atoms with Crippen molar-refractivity contribution in [2.24, 2.45) is 0 Å². The van der Waals surface area contributed by atoms with Gasteiger partial charge in [0.25, 0.3) is 11.8 Å². The summed E-state index contributed by atoms with van der Waals surface area (Å²) in [5.41, 5.74) is 0.741. The highest BCUT2D eigenvalue weighted by Crippen LogP contribution is 2.24. The Morgan fingerprint density at radius 1 is 1.14 bits per heavy atom. The van der Waals surface area contributed by atoms with Gasteiger partial charge in [0.15, 0.2) is 0 Å². The molecule has 0 spiro atoms. The van der Waals surface area contributed by atoms with Crippen molar-refractivity contribution in [1.82, 2.24) is 4.90 Å². The van der Waals surface area contributed by atoms with Gasteiger partial charge in [-0.2, -0.15) is 0 Å². The van der Waals surface area contributed by atoms with Crippen LogP contribution >= 0.6 is 0 Å². The van der Waals surface area contributed by atoms with Crippen LogP contribution < -0.4 is 0 Å². The number of carbonyl (C=O) groups excluding carboxylic acids is 4. The number of rotatable bonds is 6. The lowest BCUT2D eigenvalue weighted by atomic mass is 10.1. The number of esters is 2. The third-order valence-corrected chi connectivity index (χ3v) is 4.24. The first-order chi connectivity index (χ1) is 13.4. The standard InChI is InChI=1S/C20H17NO7/c1-4-7-21-17(22)14-6-5-12(8-16(14)18(21)23)19(24)27-10-13-9-15(11(2)28-13)20(25)26-3/h4-6,8-9H,1,7,10H2,2-3H3. The van der Waals surface area contributed by atoms with E-state index in [1.807, 2.05) is 0 Å². The number of imide groups is 1. The summed E-state index contributed by atoms with van der Waals surface area (Å²) in [6.07, 6.45) is 1.45. The summed E-state index contributed by atoms with van der Waals surface area (Å²) >= 11 is 0. The molecule has 2 aromatic rings. The van der Waals surface area contributed by atoms with E-state index in [9.17, 15) is 19.2 Å². The van der Waals surface area contributed by atoms with Crippen LogP contribution in [-0.4, -0.2) is 42.3 Å². The average Bonchev–Trinajstić information content (AvgIpc) is 3.18. The molecule has 0 aliphatic carbocycles. The van der Waals surface area contributed by atoms with Crippen LogP contribution in [0.1, 0.15) is 53.0 Å². The number of carbonyl (C=O) groups is 4. The zero-order valence-corrected chi connectivity index (χ0v) is 15.3. The largest absolute Gasteiger partial charge is 0.465 e. The fourth-order valence-electron chi connectivity index (χ4n) is 2.86. The van der Waals surface area contributed by atoms with Crippen molar-refractivity contribution in [3.8, 4) is 0 Å². The van der Waals surface area contributed by atoms with E-state index >= 15 is 0 Å². The van der Waals surface area contributed by atoms with E-state index < -0.39 is 23.8 Å². The quantitative estimate of drug-likeness (QED) is 0.429. The van der Waals surface area contributed by atoms with E-state index in [1.165, 1.54) is 37.5 Å². The van der Waals surface area contributed by atoms with E-state index in [4.69, 9.17) is 9.15 Å². The summed E-state index contributed by atoms with van der Waals surface area (Å²) in [5, 5.41) is 0. The van der Waals surface area contributed by atoms with Gasteiger partial charge >= 0.3 is 11.9 Å². The first kappa shape index (κ1) is 19.1. The number of furan rings is 1. The van der Waals surface area contributed by atoms with E-state index in [-0.39, 0.29) is 41.2 Å². The van der Waals surface area contributed by atoms with Gasteiger partial charge in [-0.05, 0) is 31.2 Å². The normalized spacial score (nSPS) is 12.7. The van der Waals surface area contributed by atoms with Crippen molar-refractivity contribution >= 4 is 23.8 Å². The zero-order chi connectivity index (χ0) is 20.4. The molecule has 0 atom stereocenters. The lowest BCUT2D eigenvalue weighted by Gasteiger charge is -2.09. The number of amides is 2. The molecule has 0 radical (unpaired) electrons. The molecule has 1 aliphatic heterocycles. The molecule has 3 rings (SSSR count). The number of hydrogen-bond donors (Lipinski definition) is 0.